The first kappa shape index (κ1) is 16.3. The zero-order chi connectivity index (χ0) is 14.8. The Morgan fingerprint density at radius 1 is 1.35 bits per heavy atom. The number of rotatable bonds is 7. The molecular formula is C17H33NO2. The lowest BCUT2D eigenvalue weighted by Crippen LogP contribution is -2.61. The van der Waals surface area contributed by atoms with E-state index in [9.17, 15) is 0 Å². The summed E-state index contributed by atoms with van der Waals surface area (Å²) >= 11 is 0. The Morgan fingerprint density at radius 2 is 2.10 bits per heavy atom. The van der Waals surface area contributed by atoms with E-state index in [1.807, 2.05) is 0 Å². The highest BCUT2D eigenvalue weighted by atomic mass is 16.5. The van der Waals surface area contributed by atoms with Gasteiger partial charge in [-0.1, -0.05) is 34.6 Å². The van der Waals surface area contributed by atoms with Crippen LogP contribution in [0.5, 0.6) is 0 Å². The Bertz CT molecular complexity index is 303. The molecule has 4 unspecified atom stereocenters. The van der Waals surface area contributed by atoms with Gasteiger partial charge in [-0.3, -0.25) is 0 Å². The molecule has 2 aliphatic rings. The third-order valence-electron chi connectivity index (χ3n) is 5.18. The van der Waals surface area contributed by atoms with E-state index in [1.165, 1.54) is 6.42 Å². The lowest BCUT2D eigenvalue weighted by atomic mass is 9.64. The van der Waals surface area contributed by atoms with Crippen LogP contribution in [0.1, 0.15) is 53.9 Å². The minimum Gasteiger partial charge on any atom is -0.378 e. The van der Waals surface area contributed by atoms with Gasteiger partial charge in [0, 0.05) is 31.2 Å². The molecule has 1 heterocycles. The first-order valence-electron chi connectivity index (χ1n) is 8.41. The topological polar surface area (TPSA) is 30.5 Å². The molecule has 0 bridgehead atoms. The van der Waals surface area contributed by atoms with Crippen molar-refractivity contribution in [1.29, 1.82) is 0 Å². The van der Waals surface area contributed by atoms with Crippen LogP contribution in [0.25, 0.3) is 0 Å². The Balaban J connectivity index is 1.72. The molecule has 1 saturated carbocycles. The minimum atomic E-state index is 0.260. The quantitative estimate of drug-likeness (QED) is 0.778. The highest BCUT2D eigenvalue weighted by Gasteiger charge is 2.49. The first-order chi connectivity index (χ1) is 9.45. The maximum absolute atomic E-state index is 6.03. The van der Waals surface area contributed by atoms with Crippen LogP contribution in [0.4, 0.5) is 0 Å². The summed E-state index contributed by atoms with van der Waals surface area (Å²) < 4.78 is 11.8. The molecule has 3 heteroatoms. The predicted molar refractivity (Wildman–Crippen MR) is 82.9 cm³/mol. The van der Waals surface area contributed by atoms with E-state index in [0.29, 0.717) is 30.1 Å². The van der Waals surface area contributed by atoms with E-state index in [0.717, 1.165) is 32.6 Å². The van der Waals surface area contributed by atoms with E-state index in [1.54, 1.807) is 0 Å². The van der Waals surface area contributed by atoms with Crippen molar-refractivity contribution in [3.63, 3.8) is 0 Å². The maximum atomic E-state index is 6.03. The summed E-state index contributed by atoms with van der Waals surface area (Å²) in [5.74, 6) is 1.32. The van der Waals surface area contributed by atoms with Gasteiger partial charge >= 0.3 is 0 Å². The van der Waals surface area contributed by atoms with Gasteiger partial charge in [-0.2, -0.15) is 0 Å². The summed E-state index contributed by atoms with van der Waals surface area (Å²) in [5, 5.41) is 3.77. The van der Waals surface area contributed by atoms with Crippen molar-refractivity contribution >= 4 is 0 Å². The van der Waals surface area contributed by atoms with Crippen molar-refractivity contribution in [3.05, 3.63) is 0 Å². The van der Waals surface area contributed by atoms with Crippen LogP contribution in [-0.4, -0.2) is 38.0 Å². The monoisotopic (exact) mass is 283 g/mol. The summed E-state index contributed by atoms with van der Waals surface area (Å²) in [5.41, 5.74) is 0.260. The van der Waals surface area contributed by atoms with Gasteiger partial charge in [0.2, 0.25) is 0 Å². The predicted octanol–water partition coefficient (Wildman–Crippen LogP) is 3.23. The number of hydrogen-bond acceptors (Lipinski definition) is 3. The average Bonchev–Trinajstić information content (AvgIpc) is 2.83. The maximum Gasteiger partial charge on any atom is 0.0656 e. The molecule has 118 valence electrons. The van der Waals surface area contributed by atoms with Crippen LogP contribution < -0.4 is 5.32 Å². The Hall–Kier alpha value is -0.120. The zero-order valence-electron chi connectivity index (χ0n) is 13.9. The summed E-state index contributed by atoms with van der Waals surface area (Å²) in [7, 11) is 0. The zero-order valence-corrected chi connectivity index (χ0v) is 13.9. The fourth-order valence-corrected chi connectivity index (χ4v) is 3.49. The molecule has 2 fully saturated rings. The fraction of sp³-hybridized carbons (Fsp3) is 1.00. The van der Waals surface area contributed by atoms with Crippen LogP contribution in [0.3, 0.4) is 0 Å². The van der Waals surface area contributed by atoms with E-state index in [2.05, 4.69) is 39.9 Å². The van der Waals surface area contributed by atoms with Gasteiger partial charge in [0.25, 0.3) is 0 Å². The van der Waals surface area contributed by atoms with Gasteiger partial charge in [0.1, 0.15) is 0 Å². The van der Waals surface area contributed by atoms with Gasteiger partial charge in [-0.15, -0.1) is 0 Å². The number of nitrogens with one attached hydrogen (secondary N) is 1. The largest absolute Gasteiger partial charge is 0.378 e. The highest BCUT2D eigenvalue weighted by molar-refractivity contribution is 5.03. The SMILES string of the molecule is CCC1OCCC1CNC1CC(OCC(C)C)C1(C)C. The molecule has 2 rings (SSSR count). The molecule has 0 spiro atoms. The summed E-state index contributed by atoms with van der Waals surface area (Å²) in [6, 6.07) is 0.595. The summed E-state index contributed by atoms with van der Waals surface area (Å²) in [6.45, 7) is 14.3. The molecular weight excluding hydrogens is 250 g/mol. The standard InChI is InChI=1S/C17H33NO2/c1-6-14-13(7-8-19-14)10-18-15-9-16(17(15,4)5)20-11-12(2)3/h12-16,18H,6-11H2,1-5H3. The van der Waals surface area contributed by atoms with Crippen molar-refractivity contribution < 1.29 is 9.47 Å². The average molecular weight is 283 g/mol. The first-order valence-corrected chi connectivity index (χ1v) is 8.41. The Kier molecular flexibility index (Phi) is 5.49. The molecule has 0 aromatic carbocycles. The Labute approximate surface area is 124 Å². The number of hydrogen-bond donors (Lipinski definition) is 1. The molecule has 1 N–H and O–H groups in total. The van der Waals surface area contributed by atoms with Crippen LogP contribution in [0, 0.1) is 17.3 Å². The lowest BCUT2D eigenvalue weighted by Gasteiger charge is -2.52. The second-order valence-electron chi connectivity index (χ2n) is 7.60. The molecule has 1 saturated heterocycles. The summed E-state index contributed by atoms with van der Waals surface area (Å²) in [6.07, 6.45) is 4.40. The molecule has 4 atom stereocenters. The van der Waals surface area contributed by atoms with Crippen LogP contribution in [-0.2, 0) is 9.47 Å². The lowest BCUT2D eigenvalue weighted by molar-refractivity contribution is -0.124. The third-order valence-corrected chi connectivity index (χ3v) is 5.18. The minimum absolute atomic E-state index is 0.260. The highest BCUT2D eigenvalue weighted by Crippen LogP contribution is 2.43. The van der Waals surface area contributed by atoms with E-state index in [4.69, 9.17) is 9.47 Å². The van der Waals surface area contributed by atoms with Gasteiger partial charge in [0.15, 0.2) is 0 Å². The van der Waals surface area contributed by atoms with E-state index >= 15 is 0 Å². The number of ether oxygens (including phenoxy) is 2. The van der Waals surface area contributed by atoms with Crippen molar-refractivity contribution in [3.8, 4) is 0 Å². The molecule has 0 aromatic heterocycles. The third kappa shape index (κ3) is 3.55. The van der Waals surface area contributed by atoms with Gasteiger partial charge in [-0.05, 0) is 31.1 Å². The molecule has 0 radical (unpaired) electrons. The summed E-state index contributed by atoms with van der Waals surface area (Å²) in [4.78, 5) is 0. The second kappa shape index (κ2) is 6.76. The van der Waals surface area contributed by atoms with Gasteiger partial charge in [0.05, 0.1) is 12.2 Å². The Morgan fingerprint density at radius 3 is 2.70 bits per heavy atom. The molecule has 1 aliphatic heterocycles. The molecule has 3 nitrogen and oxygen atoms in total. The van der Waals surface area contributed by atoms with E-state index < -0.39 is 0 Å². The van der Waals surface area contributed by atoms with Crippen molar-refractivity contribution in [2.45, 2.75) is 72.1 Å². The normalized spacial score (nSPS) is 36.3. The van der Waals surface area contributed by atoms with Crippen molar-refractivity contribution in [1.82, 2.24) is 5.32 Å². The smallest absolute Gasteiger partial charge is 0.0656 e. The van der Waals surface area contributed by atoms with Gasteiger partial charge in [-0.25, -0.2) is 0 Å². The van der Waals surface area contributed by atoms with Crippen LogP contribution in [0.15, 0.2) is 0 Å². The second-order valence-corrected chi connectivity index (χ2v) is 7.60. The van der Waals surface area contributed by atoms with E-state index in [-0.39, 0.29) is 5.41 Å². The molecule has 20 heavy (non-hydrogen) atoms. The fourth-order valence-electron chi connectivity index (χ4n) is 3.49. The van der Waals surface area contributed by atoms with Crippen molar-refractivity contribution in [2.75, 3.05) is 19.8 Å². The van der Waals surface area contributed by atoms with Gasteiger partial charge < -0.3 is 14.8 Å². The molecule has 0 aromatic rings. The van der Waals surface area contributed by atoms with Crippen LogP contribution in [0.2, 0.25) is 0 Å². The van der Waals surface area contributed by atoms with Crippen LogP contribution >= 0.6 is 0 Å². The molecule has 0 amide bonds. The molecule has 1 aliphatic carbocycles. The van der Waals surface area contributed by atoms with Crippen molar-refractivity contribution in [2.24, 2.45) is 17.3 Å².